The predicted molar refractivity (Wildman–Crippen MR) is 98.3 cm³/mol. The lowest BCUT2D eigenvalue weighted by Crippen LogP contribution is -2.24. The number of carbonyl (C=O) groups is 2. The second-order valence-electron chi connectivity index (χ2n) is 6.17. The molecule has 3 aromatic rings. The highest BCUT2D eigenvalue weighted by atomic mass is 19.4. The summed E-state index contributed by atoms with van der Waals surface area (Å²) < 4.78 is 43.9. The number of rotatable bonds is 5. The number of anilines is 2. The molecule has 0 saturated heterocycles. The van der Waals surface area contributed by atoms with Crippen LogP contribution in [0.3, 0.4) is 0 Å². The number of nitrogen functional groups attached to an aromatic ring is 1. The number of hydrogen-bond donors (Lipinski definition) is 3. The number of nitrogens with zero attached hydrogens (tertiary/aromatic N) is 3. The molecule has 0 unspecified atom stereocenters. The lowest BCUT2D eigenvalue weighted by atomic mass is 10.1. The van der Waals surface area contributed by atoms with E-state index in [0.29, 0.717) is 0 Å². The molecule has 1 aromatic carbocycles. The number of aryl methyl sites for hydroxylation is 1. The van der Waals surface area contributed by atoms with Crippen LogP contribution in [0.15, 0.2) is 41.2 Å². The minimum absolute atomic E-state index is 0.0311. The van der Waals surface area contributed by atoms with E-state index < -0.39 is 23.6 Å². The molecule has 0 bridgehead atoms. The number of halogens is 3. The molecule has 2 amide bonds. The third-order valence-corrected chi connectivity index (χ3v) is 3.93. The van der Waals surface area contributed by atoms with Crippen LogP contribution in [-0.4, -0.2) is 26.9 Å². The van der Waals surface area contributed by atoms with Gasteiger partial charge in [0.1, 0.15) is 23.5 Å². The van der Waals surface area contributed by atoms with Gasteiger partial charge >= 0.3 is 6.18 Å². The smallest absolute Gasteiger partial charge is 0.384 e. The third-order valence-electron chi connectivity index (χ3n) is 3.93. The number of benzene rings is 1. The Kier molecular flexibility index (Phi) is 5.67. The summed E-state index contributed by atoms with van der Waals surface area (Å²) in [5, 5.41) is 8.47. The zero-order valence-electron chi connectivity index (χ0n) is 15.4. The van der Waals surface area contributed by atoms with Crippen molar-refractivity contribution in [3.8, 4) is 0 Å². The van der Waals surface area contributed by atoms with Gasteiger partial charge in [-0.15, -0.1) is 0 Å². The van der Waals surface area contributed by atoms with Gasteiger partial charge in [0.25, 0.3) is 11.8 Å². The Morgan fingerprint density at radius 1 is 1.13 bits per heavy atom. The normalized spacial score (nSPS) is 11.2. The number of alkyl halides is 3. The number of nitrogens with two attached hydrogens (primary N) is 1. The van der Waals surface area contributed by atoms with Crippen molar-refractivity contribution in [2.45, 2.75) is 19.6 Å². The van der Waals surface area contributed by atoms with Crippen molar-refractivity contribution >= 4 is 23.3 Å². The van der Waals surface area contributed by atoms with Crippen LogP contribution in [0, 0.1) is 6.92 Å². The Morgan fingerprint density at radius 2 is 1.90 bits per heavy atom. The molecule has 30 heavy (non-hydrogen) atoms. The molecule has 0 aliphatic rings. The molecule has 156 valence electrons. The van der Waals surface area contributed by atoms with E-state index >= 15 is 0 Å². The highest BCUT2D eigenvalue weighted by molar-refractivity contribution is 6.02. The van der Waals surface area contributed by atoms with Gasteiger partial charge in [0.05, 0.1) is 12.1 Å². The summed E-state index contributed by atoms with van der Waals surface area (Å²) in [4.78, 5) is 31.7. The summed E-state index contributed by atoms with van der Waals surface area (Å²) in [6, 6.07) is 5.96. The van der Waals surface area contributed by atoms with E-state index in [0.717, 1.165) is 12.4 Å². The number of amides is 2. The number of carbonyl (C=O) groups excluding carboxylic acids is 2. The van der Waals surface area contributed by atoms with Crippen LogP contribution < -0.4 is 16.4 Å². The van der Waals surface area contributed by atoms with Crippen LogP contribution in [0.25, 0.3) is 0 Å². The van der Waals surface area contributed by atoms with E-state index in [2.05, 4.69) is 25.8 Å². The lowest BCUT2D eigenvalue weighted by molar-refractivity contribution is -0.138. The van der Waals surface area contributed by atoms with E-state index in [1.165, 1.54) is 31.2 Å². The Hall–Kier alpha value is -3.96. The summed E-state index contributed by atoms with van der Waals surface area (Å²) in [6.45, 7) is 1.24. The maximum absolute atomic E-state index is 13.0. The maximum atomic E-state index is 13.0. The van der Waals surface area contributed by atoms with Crippen molar-refractivity contribution in [1.82, 2.24) is 20.4 Å². The largest absolute Gasteiger partial charge is 0.416 e. The Balaban J connectivity index is 1.63. The minimum atomic E-state index is -4.54. The summed E-state index contributed by atoms with van der Waals surface area (Å²) in [7, 11) is 0. The van der Waals surface area contributed by atoms with Gasteiger partial charge in [-0.2, -0.15) is 13.2 Å². The lowest BCUT2D eigenvalue weighted by Gasteiger charge is -2.12. The molecule has 2 aromatic heterocycles. The van der Waals surface area contributed by atoms with Crippen LogP contribution >= 0.6 is 0 Å². The molecule has 0 spiro atoms. The minimum Gasteiger partial charge on any atom is -0.384 e. The number of aromatic nitrogens is 3. The van der Waals surface area contributed by atoms with E-state index in [1.807, 2.05) is 0 Å². The standard InChI is InChI=1S/C18H15F3N6O3/c1-9-2-3-10(4-12(9)18(19,20)21)26-17(29)14-5-11(27-30-14)7-23-16(28)13-6-15(22)25-8-24-13/h2-6,8H,7H2,1H3,(H,23,28)(H,26,29)(H2,22,24,25). The molecule has 0 atom stereocenters. The molecule has 0 fully saturated rings. The van der Waals surface area contributed by atoms with Crippen LogP contribution in [0.4, 0.5) is 24.7 Å². The van der Waals surface area contributed by atoms with E-state index in [-0.39, 0.29) is 40.8 Å². The number of hydrogen-bond acceptors (Lipinski definition) is 7. The number of nitrogens with one attached hydrogen (secondary N) is 2. The second kappa shape index (κ2) is 8.19. The molecule has 3 rings (SSSR count). The van der Waals surface area contributed by atoms with Gasteiger partial charge in [0.2, 0.25) is 5.76 Å². The molecular formula is C18H15F3N6O3. The van der Waals surface area contributed by atoms with E-state index in [4.69, 9.17) is 10.3 Å². The van der Waals surface area contributed by atoms with Gasteiger partial charge < -0.3 is 20.9 Å². The summed E-state index contributed by atoms with van der Waals surface area (Å²) >= 11 is 0. The van der Waals surface area contributed by atoms with Gasteiger partial charge in [-0.05, 0) is 24.6 Å². The van der Waals surface area contributed by atoms with Crippen molar-refractivity contribution in [2.24, 2.45) is 0 Å². The first kappa shape index (κ1) is 20.8. The first-order chi connectivity index (χ1) is 14.1. The van der Waals surface area contributed by atoms with Gasteiger partial charge in [-0.3, -0.25) is 9.59 Å². The molecule has 9 nitrogen and oxygen atoms in total. The quantitative estimate of drug-likeness (QED) is 0.577. The second-order valence-corrected chi connectivity index (χ2v) is 6.17. The van der Waals surface area contributed by atoms with Gasteiger partial charge in [-0.25, -0.2) is 9.97 Å². The first-order valence-corrected chi connectivity index (χ1v) is 8.44. The summed E-state index contributed by atoms with van der Waals surface area (Å²) in [5.74, 6) is -1.45. The molecule has 2 heterocycles. The van der Waals surface area contributed by atoms with Crippen molar-refractivity contribution in [3.05, 3.63) is 64.9 Å². The average molecular weight is 420 g/mol. The fraction of sp³-hybridized carbons (Fsp3) is 0.167. The van der Waals surface area contributed by atoms with Gasteiger partial charge in [0, 0.05) is 17.8 Å². The van der Waals surface area contributed by atoms with Crippen molar-refractivity contribution in [3.63, 3.8) is 0 Å². The van der Waals surface area contributed by atoms with Crippen molar-refractivity contribution < 1.29 is 27.3 Å². The molecular weight excluding hydrogens is 405 g/mol. The first-order valence-electron chi connectivity index (χ1n) is 8.44. The zero-order valence-corrected chi connectivity index (χ0v) is 15.4. The molecule has 4 N–H and O–H groups in total. The molecule has 0 radical (unpaired) electrons. The third kappa shape index (κ3) is 4.90. The highest BCUT2D eigenvalue weighted by Crippen LogP contribution is 2.33. The Morgan fingerprint density at radius 3 is 2.60 bits per heavy atom. The summed E-state index contributed by atoms with van der Waals surface area (Å²) in [5.41, 5.74) is 4.87. The fourth-order valence-corrected chi connectivity index (χ4v) is 2.46. The molecule has 0 aliphatic heterocycles. The van der Waals surface area contributed by atoms with Crippen molar-refractivity contribution in [1.29, 1.82) is 0 Å². The van der Waals surface area contributed by atoms with E-state index in [9.17, 15) is 22.8 Å². The van der Waals surface area contributed by atoms with Crippen molar-refractivity contribution in [2.75, 3.05) is 11.1 Å². The Labute approximate surface area is 167 Å². The fourth-order valence-electron chi connectivity index (χ4n) is 2.46. The average Bonchev–Trinajstić information content (AvgIpc) is 3.16. The van der Waals surface area contributed by atoms with Crippen LogP contribution in [0.1, 0.15) is 37.9 Å². The van der Waals surface area contributed by atoms with Gasteiger partial charge in [-0.1, -0.05) is 11.2 Å². The van der Waals surface area contributed by atoms with Crippen LogP contribution in [-0.2, 0) is 12.7 Å². The predicted octanol–water partition coefficient (Wildman–Crippen LogP) is 2.56. The molecule has 0 saturated carbocycles. The zero-order chi connectivity index (χ0) is 21.9. The van der Waals surface area contributed by atoms with Crippen LogP contribution in [0.5, 0.6) is 0 Å². The van der Waals surface area contributed by atoms with E-state index in [1.54, 1.807) is 0 Å². The SMILES string of the molecule is Cc1ccc(NC(=O)c2cc(CNC(=O)c3cc(N)ncn3)no2)cc1C(F)(F)F. The monoisotopic (exact) mass is 420 g/mol. The maximum Gasteiger partial charge on any atom is 0.416 e. The highest BCUT2D eigenvalue weighted by Gasteiger charge is 2.32. The van der Waals surface area contributed by atoms with Gasteiger partial charge in [0.15, 0.2) is 0 Å². The van der Waals surface area contributed by atoms with Crippen LogP contribution in [0.2, 0.25) is 0 Å². The molecule has 12 heteroatoms. The summed E-state index contributed by atoms with van der Waals surface area (Å²) in [6.07, 6.45) is -3.41. The Bertz CT molecular complexity index is 1100. The molecule has 0 aliphatic carbocycles. The topological polar surface area (TPSA) is 136 Å².